The van der Waals surface area contributed by atoms with E-state index in [4.69, 9.17) is 5.11 Å². The molecular formula is C7H7N2O2Zr. The molecule has 0 fully saturated rings. The Bertz CT molecular complexity index is 290. The molecule has 0 amide bonds. The van der Waals surface area contributed by atoms with E-state index in [0.717, 1.165) is 25.0 Å². The minimum absolute atomic E-state index is 0.271. The van der Waals surface area contributed by atoms with Crippen LogP contribution < -0.4 is 8.80 Å². The summed E-state index contributed by atoms with van der Waals surface area (Å²) in [5, 5.41) is 8.73. The number of rotatable bonds is 3. The summed E-state index contributed by atoms with van der Waals surface area (Å²) in [6.45, 7) is 0. The van der Waals surface area contributed by atoms with Crippen molar-refractivity contribution in [1.82, 2.24) is 3.37 Å². The number of benzene rings is 1. The van der Waals surface area contributed by atoms with E-state index in [1.54, 1.807) is 24.3 Å². The fraction of sp³-hybridized carbons (Fsp3) is 0. The molecule has 0 aliphatic carbocycles. The summed E-state index contributed by atoms with van der Waals surface area (Å²) in [4.78, 5) is 10.6. The average molecular weight is 242 g/mol. The van der Waals surface area contributed by atoms with Crippen molar-refractivity contribution >= 4 is 11.7 Å². The molecule has 61 valence electrons. The van der Waals surface area contributed by atoms with Crippen molar-refractivity contribution in [3.63, 3.8) is 0 Å². The minimum atomic E-state index is -0.927. The second kappa shape index (κ2) is 4.38. The van der Waals surface area contributed by atoms with Gasteiger partial charge in [-0.2, -0.15) is 0 Å². The van der Waals surface area contributed by atoms with E-state index < -0.39 is 5.97 Å². The molecule has 0 saturated heterocycles. The number of carbonyl (C=O) groups is 1. The van der Waals surface area contributed by atoms with E-state index in [-0.39, 0.29) is 5.56 Å². The Kier molecular flexibility index (Phi) is 3.44. The van der Waals surface area contributed by atoms with Gasteiger partial charge in [0.15, 0.2) is 0 Å². The molecule has 1 aromatic carbocycles. The maximum atomic E-state index is 10.6. The van der Waals surface area contributed by atoms with Crippen LogP contribution in [0.25, 0.3) is 0 Å². The second-order valence-electron chi connectivity index (χ2n) is 2.10. The zero-order chi connectivity index (χ0) is 8.97. The van der Waals surface area contributed by atoms with Crippen LogP contribution in [-0.2, 0) is 25.0 Å². The normalized spacial score (nSPS) is 9.25. The first kappa shape index (κ1) is 9.42. The van der Waals surface area contributed by atoms with Crippen molar-refractivity contribution in [3.8, 4) is 0 Å². The molecule has 3 N–H and O–H groups in total. The van der Waals surface area contributed by atoms with Crippen LogP contribution in [0.1, 0.15) is 10.4 Å². The number of carboxylic acid groups (broad SMARTS) is 1. The predicted octanol–water partition coefficient (Wildman–Crippen LogP) is 0.763. The molecule has 0 aliphatic heterocycles. The van der Waals surface area contributed by atoms with Gasteiger partial charge in [0.05, 0.1) is 0 Å². The molecular weight excluding hydrogens is 235 g/mol. The van der Waals surface area contributed by atoms with Gasteiger partial charge in [0, 0.05) is 0 Å². The van der Waals surface area contributed by atoms with Crippen molar-refractivity contribution in [2.75, 3.05) is 5.43 Å². The van der Waals surface area contributed by atoms with Crippen molar-refractivity contribution in [1.29, 1.82) is 0 Å². The fourth-order valence-electron chi connectivity index (χ4n) is 0.846. The van der Waals surface area contributed by atoms with Crippen LogP contribution in [0.2, 0.25) is 0 Å². The first-order valence-corrected chi connectivity index (χ1v) is 4.48. The molecule has 1 rings (SSSR count). The van der Waals surface area contributed by atoms with Crippen LogP contribution in [0.5, 0.6) is 0 Å². The monoisotopic (exact) mass is 241 g/mol. The molecule has 0 heterocycles. The molecule has 0 aliphatic rings. The molecule has 4 nitrogen and oxygen atoms in total. The Balaban J connectivity index is 3.00. The molecule has 1 aromatic rings. The van der Waals surface area contributed by atoms with E-state index >= 15 is 0 Å². The van der Waals surface area contributed by atoms with Crippen molar-refractivity contribution < 1.29 is 34.9 Å². The van der Waals surface area contributed by atoms with Gasteiger partial charge in [0.2, 0.25) is 0 Å². The van der Waals surface area contributed by atoms with E-state index in [1.165, 1.54) is 0 Å². The third-order valence-corrected chi connectivity index (χ3v) is 1.66. The van der Waals surface area contributed by atoms with E-state index in [0.29, 0.717) is 5.69 Å². The van der Waals surface area contributed by atoms with Gasteiger partial charge in [-0.05, 0) is 0 Å². The first-order valence-electron chi connectivity index (χ1n) is 3.26. The van der Waals surface area contributed by atoms with E-state index in [1.807, 2.05) is 0 Å². The summed E-state index contributed by atoms with van der Waals surface area (Å²) >= 11 is 1.09. The molecule has 0 radical (unpaired) electrons. The summed E-state index contributed by atoms with van der Waals surface area (Å²) in [6.07, 6.45) is 0. The summed E-state index contributed by atoms with van der Waals surface area (Å²) in [5.74, 6) is -0.927. The van der Waals surface area contributed by atoms with E-state index in [9.17, 15) is 4.79 Å². The number of hydrogen-bond acceptors (Lipinski definition) is 3. The molecule has 5 heteroatoms. The van der Waals surface area contributed by atoms with Crippen molar-refractivity contribution in [2.45, 2.75) is 0 Å². The molecule has 0 saturated carbocycles. The van der Waals surface area contributed by atoms with Gasteiger partial charge < -0.3 is 0 Å². The van der Waals surface area contributed by atoms with Crippen molar-refractivity contribution in [3.05, 3.63) is 29.8 Å². The van der Waals surface area contributed by atoms with Crippen LogP contribution in [0.15, 0.2) is 24.3 Å². The fourth-order valence-corrected chi connectivity index (χ4v) is 1.18. The Morgan fingerprint density at radius 3 is 2.67 bits per heavy atom. The zero-order valence-electron chi connectivity index (χ0n) is 6.16. The standard InChI is InChI=1S/C7H7N2O2.Zr/c8-9-6-4-2-1-3-5(6)7(10)11;/h1-4,8-9H,(H,10,11);/q-1;+1. The number of para-hydroxylation sites is 1. The SMILES string of the molecule is O=C(O)c1ccccc1N[NH][Zr]. The van der Waals surface area contributed by atoms with Gasteiger partial charge in [-0.15, -0.1) is 0 Å². The average Bonchev–Trinajstić information content (AvgIpc) is 2.05. The number of hydrazine groups is 1. The number of carboxylic acids is 1. The Morgan fingerprint density at radius 1 is 1.42 bits per heavy atom. The van der Waals surface area contributed by atoms with Gasteiger partial charge >= 0.3 is 85.2 Å². The zero-order valence-corrected chi connectivity index (χ0v) is 8.62. The maximum absolute atomic E-state index is 10.6. The first-order chi connectivity index (χ1) is 5.75. The van der Waals surface area contributed by atoms with E-state index in [2.05, 4.69) is 8.80 Å². The summed E-state index contributed by atoms with van der Waals surface area (Å²) < 4.78 is 2.76. The number of aromatic carboxylic acids is 1. The third-order valence-electron chi connectivity index (χ3n) is 1.35. The Morgan fingerprint density at radius 2 is 2.08 bits per heavy atom. The quantitative estimate of drug-likeness (QED) is 0.685. The number of hydrogen-bond donors (Lipinski definition) is 3. The van der Waals surface area contributed by atoms with Gasteiger partial charge in [0.1, 0.15) is 0 Å². The predicted molar refractivity (Wildman–Crippen MR) is 40.2 cm³/mol. The molecule has 0 bridgehead atoms. The van der Waals surface area contributed by atoms with Gasteiger partial charge in [-0.3, -0.25) is 0 Å². The van der Waals surface area contributed by atoms with Crippen LogP contribution in [0, 0.1) is 0 Å². The summed E-state index contributed by atoms with van der Waals surface area (Å²) in [5.41, 5.74) is 3.62. The van der Waals surface area contributed by atoms with Crippen LogP contribution in [0.4, 0.5) is 5.69 Å². The molecule has 0 spiro atoms. The van der Waals surface area contributed by atoms with Gasteiger partial charge in [-0.25, -0.2) is 0 Å². The van der Waals surface area contributed by atoms with Crippen molar-refractivity contribution in [2.24, 2.45) is 0 Å². The summed E-state index contributed by atoms with van der Waals surface area (Å²) in [7, 11) is 0. The third kappa shape index (κ3) is 2.16. The topological polar surface area (TPSA) is 61.4 Å². The number of anilines is 1. The summed E-state index contributed by atoms with van der Waals surface area (Å²) in [6, 6.07) is 6.73. The number of nitrogens with one attached hydrogen (secondary N) is 2. The second-order valence-corrected chi connectivity index (χ2v) is 2.72. The molecule has 0 aromatic heterocycles. The van der Waals surface area contributed by atoms with Crippen LogP contribution in [-0.4, -0.2) is 11.1 Å². The van der Waals surface area contributed by atoms with Crippen LogP contribution >= 0.6 is 0 Å². The molecule has 0 unspecified atom stereocenters. The molecule has 12 heavy (non-hydrogen) atoms. The van der Waals surface area contributed by atoms with Gasteiger partial charge in [0.25, 0.3) is 0 Å². The molecule has 0 atom stereocenters. The Hall–Kier alpha value is -0.667. The Labute approximate surface area is 85.2 Å². The van der Waals surface area contributed by atoms with Gasteiger partial charge in [-0.1, -0.05) is 0 Å². The van der Waals surface area contributed by atoms with Crippen LogP contribution in [0.3, 0.4) is 0 Å².